The van der Waals surface area contributed by atoms with Gasteiger partial charge < -0.3 is 9.64 Å². The Balaban J connectivity index is 1.68. The summed E-state index contributed by atoms with van der Waals surface area (Å²) in [5, 5.41) is 4.85. The van der Waals surface area contributed by atoms with Crippen LogP contribution in [-0.2, 0) is 4.79 Å². The average Bonchev–Trinajstić information content (AvgIpc) is 3.35. The summed E-state index contributed by atoms with van der Waals surface area (Å²) in [6, 6.07) is 25.6. The van der Waals surface area contributed by atoms with Crippen molar-refractivity contribution < 1.29 is 9.53 Å². The van der Waals surface area contributed by atoms with Gasteiger partial charge in [0.2, 0.25) is 0 Å². The highest BCUT2D eigenvalue weighted by Gasteiger charge is 2.29. The van der Waals surface area contributed by atoms with Crippen molar-refractivity contribution in [3.63, 3.8) is 0 Å². The number of aromatic nitrogens is 2. The van der Waals surface area contributed by atoms with E-state index in [0.29, 0.717) is 5.57 Å². The number of amides is 1. The lowest BCUT2D eigenvalue weighted by Crippen LogP contribution is -2.20. The van der Waals surface area contributed by atoms with E-state index >= 15 is 0 Å². The van der Waals surface area contributed by atoms with Crippen LogP contribution in [0, 0.1) is 0 Å². The topological polar surface area (TPSA) is 47.4 Å². The van der Waals surface area contributed by atoms with Gasteiger partial charge >= 0.3 is 0 Å². The molecule has 0 aliphatic carbocycles. The molecule has 0 fully saturated rings. The number of nitrogens with zero attached hydrogens (tertiary/aromatic N) is 3. The van der Waals surface area contributed by atoms with Gasteiger partial charge in [0, 0.05) is 35.5 Å². The summed E-state index contributed by atoms with van der Waals surface area (Å²) >= 11 is 0. The lowest BCUT2D eigenvalue weighted by molar-refractivity contribution is -0.112. The Morgan fingerprint density at radius 3 is 2.35 bits per heavy atom. The van der Waals surface area contributed by atoms with E-state index in [1.54, 1.807) is 19.1 Å². The zero-order chi connectivity index (χ0) is 21.4. The van der Waals surface area contributed by atoms with E-state index in [0.717, 1.165) is 39.5 Å². The molecule has 0 N–H and O–H groups in total. The number of anilines is 1. The molecule has 0 saturated carbocycles. The molecule has 152 valence electrons. The van der Waals surface area contributed by atoms with E-state index in [9.17, 15) is 4.79 Å². The third-order valence-corrected chi connectivity index (χ3v) is 5.52. The van der Waals surface area contributed by atoms with E-state index in [4.69, 9.17) is 9.84 Å². The molecule has 1 aliphatic heterocycles. The molecular formula is C26H21N3O2. The number of methoxy groups -OCH3 is 1. The van der Waals surface area contributed by atoms with E-state index in [2.05, 4.69) is 0 Å². The maximum Gasteiger partial charge on any atom is 0.258 e. The van der Waals surface area contributed by atoms with E-state index in [-0.39, 0.29) is 5.91 Å². The van der Waals surface area contributed by atoms with Gasteiger partial charge in [-0.25, -0.2) is 4.68 Å². The van der Waals surface area contributed by atoms with Crippen LogP contribution in [0.3, 0.4) is 0 Å². The number of hydrogen-bond donors (Lipinski definition) is 0. The summed E-state index contributed by atoms with van der Waals surface area (Å²) < 4.78 is 7.14. The van der Waals surface area contributed by atoms with E-state index in [1.807, 2.05) is 95.8 Å². The summed E-state index contributed by atoms with van der Waals surface area (Å²) in [5.41, 5.74) is 6.11. The van der Waals surface area contributed by atoms with Gasteiger partial charge in [-0.1, -0.05) is 36.4 Å². The van der Waals surface area contributed by atoms with Crippen LogP contribution >= 0.6 is 0 Å². The van der Waals surface area contributed by atoms with Crippen molar-refractivity contribution in [2.75, 3.05) is 19.1 Å². The number of rotatable bonds is 4. The predicted octanol–water partition coefficient (Wildman–Crippen LogP) is 5.06. The molecule has 5 heteroatoms. The number of fused-ring (bicyclic) bond motifs is 1. The van der Waals surface area contributed by atoms with Crippen molar-refractivity contribution in [2.24, 2.45) is 0 Å². The molecule has 0 saturated heterocycles. The molecule has 0 bridgehead atoms. The van der Waals surface area contributed by atoms with Crippen LogP contribution in [0.15, 0.2) is 85.1 Å². The molecule has 1 aliphatic rings. The quantitative estimate of drug-likeness (QED) is 0.444. The molecule has 2 heterocycles. The van der Waals surface area contributed by atoms with Gasteiger partial charge in [-0.05, 0) is 48.5 Å². The minimum absolute atomic E-state index is 0.0191. The number of benzene rings is 3. The first kappa shape index (κ1) is 18.9. The maximum absolute atomic E-state index is 13.0. The first-order chi connectivity index (χ1) is 15.2. The highest BCUT2D eigenvalue weighted by Crippen LogP contribution is 2.38. The van der Waals surface area contributed by atoms with E-state index in [1.165, 1.54) is 0 Å². The first-order valence-corrected chi connectivity index (χ1v) is 10.0. The SMILES string of the molecule is COc1ccc(-c2nn(-c3ccccc3)cc2C=C2C(=O)N(C)c3ccccc32)cc1. The van der Waals surface area contributed by atoms with Crippen molar-refractivity contribution in [1.29, 1.82) is 0 Å². The number of para-hydroxylation sites is 2. The molecule has 0 radical (unpaired) electrons. The van der Waals surface area contributed by atoms with Crippen LogP contribution in [0.2, 0.25) is 0 Å². The predicted molar refractivity (Wildman–Crippen MR) is 123 cm³/mol. The normalized spacial score (nSPS) is 14.2. The van der Waals surface area contributed by atoms with Crippen LogP contribution in [-0.4, -0.2) is 29.8 Å². The number of likely N-dealkylation sites (N-methyl/N-ethyl adjacent to an activating group) is 1. The van der Waals surface area contributed by atoms with Gasteiger partial charge in [0.15, 0.2) is 0 Å². The molecule has 5 nitrogen and oxygen atoms in total. The Morgan fingerprint density at radius 1 is 0.903 bits per heavy atom. The molecule has 5 rings (SSSR count). The Morgan fingerprint density at radius 2 is 1.61 bits per heavy atom. The monoisotopic (exact) mass is 407 g/mol. The number of hydrogen-bond acceptors (Lipinski definition) is 3. The average molecular weight is 407 g/mol. The molecule has 3 aromatic carbocycles. The zero-order valence-corrected chi connectivity index (χ0v) is 17.3. The van der Waals surface area contributed by atoms with Crippen molar-refractivity contribution in [1.82, 2.24) is 9.78 Å². The second-order valence-corrected chi connectivity index (χ2v) is 7.38. The summed E-state index contributed by atoms with van der Waals surface area (Å²) in [6.45, 7) is 0. The van der Waals surface area contributed by atoms with Gasteiger partial charge in [0.1, 0.15) is 5.75 Å². The fourth-order valence-corrected chi connectivity index (χ4v) is 3.87. The summed E-state index contributed by atoms with van der Waals surface area (Å²) in [7, 11) is 3.45. The first-order valence-electron chi connectivity index (χ1n) is 10.0. The van der Waals surface area contributed by atoms with Crippen molar-refractivity contribution in [3.8, 4) is 22.7 Å². The summed E-state index contributed by atoms with van der Waals surface area (Å²) in [6.07, 6.45) is 3.91. The number of carbonyl (C=O) groups excluding carboxylic acids is 1. The second-order valence-electron chi connectivity index (χ2n) is 7.38. The van der Waals surface area contributed by atoms with Gasteiger partial charge in [0.05, 0.1) is 24.2 Å². The molecule has 0 atom stereocenters. The smallest absolute Gasteiger partial charge is 0.258 e. The highest BCUT2D eigenvalue weighted by atomic mass is 16.5. The standard InChI is InChI=1S/C26H21N3O2/c1-28-24-11-7-6-10-22(24)23(26(28)30)16-19-17-29(20-8-4-3-5-9-20)27-25(19)18-12-14-21(31-2)15-13-18/h3-17H,1-2H3. The third kappa shape index (κ3) is 3.30. The fraction of sp³-hybridized carbons (Fsp3) is 0.0769. The van der Waals surface area contributed by atoms with Crippen LogP contribution in [0.5, 0.6) is 5.75 Å². The van der Waals surface area contributed by atoms with Crippen LogP contribution < -0.4 is 9.64 Å². The Labute approximate surface area is 180 Å². The largest absolute Gasteiger partial charge is 0.497 e. The molecule has 31 heavy (non-hydrogen) atoms. The molecular weight excluding hydrogens is 386 g/mol. The van der Waals surface area contributed by atoms with Crippen LogP contribution in [0.4, 0.5) is 5.69 Å². The zero-order valence-electron chi connectivity index (χ0n) is 17.3. The highest BCUT2D eigenvalue weighted by molar-refractivity contribution is 6.35. The molecule has 0 unspecified atom stereocenters. The molecule has 0 spiro atoms. The minimum atomic E-state index is -0.0191. The Hall–Kier alpha value is -4.12. The fourth-order valence-electron chi connectivity index (χ4n) is 3.87. The number of ether oxygens (including phenoxy) is 1. The van der Waals surface area contributed by atoms with Crippen molar-refractivity contribution >= 4 is 23.2 Å². The van der Waals surface area contributed by atoms with Crippen LogP contribution in [0.1, 0.15) is 11.1 Å². The Kier molecular flexibility index (Phi) is 4.64. The van der Waals surface area contributed by atoms with Gasteiger partial charge in [0.25, 0.3) is 5.91 Å². The van der Waals surface area contributed by atoms with Gasteiger partial charge in [-0.2, -0.15) is 5.10 Å². The lowest BCUT2D eigenvalue weighted by Gasteiger charge is -2.07. The second kappa shape index (κ2) is 7.61. The maximum atomic E-state index is 13.0. The third-order valence-electron chi connectivity index (χ3n) is 5.52. The van der Waals surface area contributed by atoms with Crippen LogP contribution in [0.25, 0.3) is 28.6 Å². The van der Waals surface area contributed by atoms with Gasteiger partial charge in [-0.3, -0.25) is 4.79 Å². The molecule has 1 aromatic heterocycles. The number of carbonyl (C=O) groups is 1. The molecule has 1 amide bonds. The summed E-state index contributed by atoms with van der Waals surface area (Å²) in [4.78, 5) is 14.7. The van der Waals surface area contributed by atoms with Crippen molar-refractivity contribution in [2.45, 2.75) is 0 Å². The van der Waals surface area contributed by atoms with Gasteiger partial charge in [-0.15, -0.1) is 0 Å². The lowest BCUT2D eigenvalue weighted by atomic mass is 10.0. The molecule has 4 aromatic rings. The Bertz CT molecular complexity index is 1290. The summed E-state index contributed by atoms with van der Waals surface area (Å²) in [5.74, 6) is 0.766. The minimum Gasteiger partial charge on any atom is -0.497 e. The van der Waals surface area contributed by atoms with Crippen molar-refractivity contribution in [3.05, 3.63) is 96.2 Å². The van der Waals surface area contributed by atoms with E-state index < -0.39 is 0 Å².